The van der Waals surface area contributed by atoms with Gasteiger partial charge in [-0.05, 0) is 12.8 Å². The molecule has 3 atom stereocenters. The molecule has 0 bridgehead atoms. The van der Waals surface area contributed by atoms with Gasteiger partial charge in [-0.2, -0.15) is 0 Å². The van der Waals surface area contributed by atoms with Crippen LogP contribution in [0.25, 0.3) is 0 Å². The second kappa shape index (κ2) is 4.17. The predicted octanol–water partition coefficient (Wildman–Crippen LogP) is 0.274. The molecule has 2 aliphatic rings. The molecule has 4 nitrogen and oxygen atoms in total. The van der Waals surface area contributed by atoms with Crippen molar-refractivity contribution in [2.45, 2.75) is 31.5 Å². The minimum Gasteiger partial charge on any atom is -0.367 e. The SMILES string of the molecule is O=CC1CC(C2CCCONC2)O1. The van der Waals surface area contributed by atoms with E-state index in [1.165, 1.54) is 0 Å². The third-order valence-corrected chi connectivity index (χ3v) is 2.76. The zero-order chi connectivity index (χ0) is 9.10. The van der Waals surface area contributed by atoms with Crippen molar-refractivity contribution in [2.24, 2.45) is 5.92 Å². The van der Waals surface area contributed by atoms with Crippen LogP contribution in [0.3, 0.4) is 0 Å². The fraction of sp³-hybridized carbons (Fsp3) is 0.889. The third-order valence-electron chi connectivity index (χ3n) is 2.76. The van der Waals surface area contributed by atoms with Crippen LogP contribution in [0.4, 0.5) is 0 Å². The Balaban J connectivity index is 1.77. The first kappa shape index (κ1) is 9.12. The van der Waals surface area contributed by atoms with Crippen LogP contribution >= 0.6 is 0 Å². The smallest absolute Gasteiger partial charge is 0.148 e. The molecule has 3 unspecified atom stereocenters. The van der Waals surface area contributed by atoms with E-state index in [9.17, 15) is 4.79 Å². The molecule has 13 heavy (non-hydrogen) atoms. The van der Waals surface area contributed by atoms with Crippen molar-refractivity contribution in [3.63, 3.8) is 0 Å². The number of aldehydes is 1. The third kappa shape index (κ3) is 2.07. The van der Waals surface area contributed by atoms with Gasteiger partial charge in [0.25, 0.3) is 0 Å². The van der Waals surface area contributed by atoms with Gasteiger partial charge in [-0.15, -0.1) is 0 Å². The summed E-state index contributed by atoms with van der Waals surface area (Å²) in [5.41, 5.74) is 2.91. The molecule has 0 amide bonds. The van der Waals surface area contributed by atoms with E-state index in [2.05, 4.69) is 5.48 Å². The molecule has 2 rings (SSSR count). The summed E-state index contributed by atoms with van der Waals surface area (Å²) in [6.07, 6.45) is 4.10. The zero-order valence-corrected chi connectivity index (χ0v) is 7.57. The number of nitrogens with one attached hydrogen (secondary N) is 1. The summed E-state index contributed by atoms with van der Waals surface area (Å²) in [4.78, 5) is 15.4. The van der Waals surface area contributed by atoms with Gasteiger partial charge in [0.2, 0.25) is 0 Å². The van der Waals surface area contributed by atoms with Crippen molar-refractivity contribution in [1.82, 2.24) is 5.48 Å². The van der Waals surface area contributed by atoms with Crippen LogP contribution in [0.5, 0.6) is 0 Å². The summed E-state index contributed by atoms with van der Waals surface area (Å²) in [6.45, 7) is 1.62. The number of hydrogen-bond donors (Lipinski definition) is 1. The molecule has 0 aromatic carbocycles. The highest BCUT2D eigenvalue weighted by atomic mass is 16.6. The Morgan fingerprint density at radius 2 is 2.31 bits per heavy atom. The molecule has 2 saturated heterocycles. The second-order valence-electron chi connectivity index (χ2n) is 3.68. The van der Waals surface area contributed by atoms with Crippen molar-refractivity contribution in [2.75, 3.05) is 13.2 Å². The molecule has 4 heteroatoms. The zero-order valence-electron chi connectivity index (χ0n) is 7.57. The van der Waals surface area contributed by atoms with Gasteiger partial charge in [0.1, 0.15) is 12.4 Å². The highest BCUT2D eigenvalue weighted by molar-refractivity contribution is 5.57. The molecule has 74 valence electrons. The average Bonchev–Trinajstić information content (AvgIpc) is 2.31. The maximum Gasteiger partial charge on any atom is 0.148 e. The summed E-state index contributed by atoms with van der Waals surface area (Å²) >= 11 is 0. The Hall–Kier alpha value is -0.450. The summed E-state index contributed by atoms with van der Waals surface area (Å²) in [5, 5.41) is 0. The van der Waals surface area contributed by atoms with Crippen molar-refractivity contribution in [1.29, 1.82) is 0 Å². The van der Waals surface area contributed by atoms with Gasteiger partial charge < -0.3 is 14.4 Å². The fourth-order valence-corrected chi connectivity index (χ4v) is 1.91. The van der Waals surface area contributed by atoms with E-state index in [0.717, 1.165) is 38.7 Å². The van der Waals surface area contributed by atoms with Crippen molar-refractivity contribution in [3.8, 4) is 0 Å². The van der Waals surface area contributed by atoms with Gasteiger partial charge in [-0.3, -0.25) is 0 Å². The highest BCUT2D eigenvalue weighted by Crippen LogP contribution is 2.29. The van der Waals surface area contributed by atoms with Gasteiger partial charge in [-0.1, -0.05) is 0 Å². The van der Waals surface area contributed by atoms with E-state index >= 15 is 0 Å². The Morgan fingerprint density at radius 3 is 3.08 bits per heavy atom. The van der Waals surface area contributed by atoms with Crippen LogP contribution in [-0.2, 0) is 14.4 Å². The van der Waals surface area contributed by atoms with Crippen LogP contribution in [0.2, 0.25) is 0 Å². The lowest BCUT2D eigenvalue weighted by Crippen LogP contribution is -2.45. The molecule has 0 aromatic heterocycles. The maximum absolute atomic E-state index is 10.3. The number of carbonyl (C=O) groups excluding carboxylic acids is 1. The second-order valence-corrected chi connectivity index (χ2v) is 3.68. The first-order valence-electron chi connectivity index (χ1n) is 4.85. The molecule has 0 aliphatic carbocycles. The Morgan fingerprint density at radius 1 is 1.46 bits per heavy atom. The maximum atomic E-state index is 10.3. The van der Waals surface area contributed by atoms with E-state index in [-0.39, 0.29) is 12.2 Å². The summed E-state index contributed by atoms with van der Waals surface area (Å²) < 4.78 is 5.42. The van der Waals surface area contributed by atoms with Crippen molar-refractivity contribution in [3.05, 3.63) is 0 Å². The Kier molecular flexibility index (Phi) is 2.93. The number of rotatable bonds is 2. The van der Waals surface area contributed by atoms with E-state index in [1.807, 2.05) is 0 Å². The van der Waals surface area contributed by atoms with Gasteiger partial charge in [0.05, 0.1) is 12.7 Å². The standard InChI is InChI=1S/C9H15NO3/c11-6-8-4-9(13-8)7-2-1-3-12-10-5-7/h6-10H,1-5H2. The predicted molar refractivity (Wildman–Crippen MR) is 46.0 cm³/mol. The number of carbonyl (C=O) groups is 1. The van der Waals surface area contributed by atoms with Crippen LogP contribution in [0.15, 0.2) is 0 Å². The molecule has 2 fully saturated rings. The normalized spacial score (nSPS) is 40.5. The lowest BCUT2D eigenvalue weighted by atomic mass is 9.89. The molecule has 0 radical (unpaired) electrons. The first-order chi connectivity index (χ1) is 6.40. The topological polar surface area (TPSA) is 47.6 Å². The first-order valence-corrected chi connectivity index (χ1v) is 4.85. The van der Waals surface area contributed by atoms with Gasteiger partial charge >= 0.3 is 0 Å². The lowest BCUT2D eigenvalue weighted by Gasteiger charge is -2.37. The van der Waals surface area contributed by atoms with Gasteiger partial charge in [-0.25, -0.2) is 5.48 Å². The largest absolute Gasteiger partial charge is 0.367 e. The Labute approximate surface area is 77.5 Å². The molecular weight excluding hydrogens is 170 g/mol. The molecular formula is C9H15NO3. The van der Waals surface area contributed by atoms with E-state index in [0.29, 0.717) is 5.92 Å². The van der Waals surface area contributed by atoms with E-state index < -0.39 is 0 Å². The van der Waals surface area contributed by atoms with Crippen LogP contribution in [0.1, 0.15) is 19.3 Å². The van der Waals surface area contributed by atoms with Gasteiger partial charge in [0, 0.05) is 18.9 Å². The lowest BCUT2D eigenvalue weighted by molar-refractivity contribution is -0.160. The highest BCUT2D eigenvalue weighted by Gasteiger charge is 2.35. The minimum atomic E-state index is -0.144. The molecule has 2 aliphatic heterocycles. The molecule has 1 N–H and O–H groups in total. The number of ether oxygens (including phenoxy) is 1. The molecule has 0 spiro atoms. The summed E-state index contributed by atoms with van der Waals surface area (Å²) in [5.74, 6) is 0.513. The molecule has 0 saturated carbocycles. The van der Waals surface area contributed by atoms with E-state index in [4.69, 9.17) is 9.57 Å². The average molecular weight is 185 g/mol. The minimum absolute atomic E-state index is 0.144. The van der Waals surface area contributed by atoms with Gasteiger partial charge in [0.15, 0.2) is 0 Å². The summed E-state index contributed by atoms with van der Waals surface area (Å²) in [7, 11) is 0. The van der Waals surface area contributed by atoms with Crippen molar-refractivity contribution < 1.29 is 14.4 Å². The molecule has 2 heterocycles. The van der Waals surface area contributed by atoms with Crippen molar-refractivity contribution >= 4 is 6.29 Å². The molecule has 0 aromatic rings. The Bertz CT molecular complexity index is 172. The van der Waals surface area contributed by atoms with E-state index in [1.54, 1.807) is 0 Å². The quantitative estimate of drug-likeness (QED) is 0.627. The fourth-order valence-electron chi connectivity index (χ4n) is 1.91. The number of hydroxylamine groups is 1. The van der Waals surface area contributed by atoms with Crippen LogP contribution in [0, 0.1) is 5.92 Å². The van der Waals surface area contributed by atoms with Crippen LogP contribution in [-0.4, -0.2) is 31.6 Å². The van der Waals surface area contributed by atoms with Crippen LogP contribution < -0.4 is 5.48 Å². The monoisotopic (exact) mass is 185 g/mol. The summed E-state index contributed by atoms with van der Waals surface area (Å²) in [6, 6.07) is 0. The number of hydrogen-bond acceptors (Lipinski definition) is 4.